The standard InChI is InChI=1S/C28H27NO3/c1-2-29-25-13-9-20(27(31)15-18-5-3-4-6-18)16-23(25)24-17-21(10-14-26(24)29)28(32)19-7-11-22(30)12-8-19/h7-14,16-18,30H,2-6,15H2,1H3. The third-order valence-corrected chi connectivity index (χ3v) is 6.84. The predicted molar refractivity (Wildman–Crippen MR) is 128 cm³/mol. The molecule has 4 nitrogen and oxygen atoms in total. The molecule has 1 aliphatic carbocycles. The number of carbonyl (C=O) groups is 2. The Kier molecular flexibility index (Phi) is 5.30. The molecule has 32 heavy (non-hydrogen) atoms. The quantitative estimate of drug-likeness (QED) is 0.358. The third kappa shape index (κ3) is 3.60. The van der Waals surface area contributed by atoms with Gasteiger partial charge < -0.3 is 9.67 Å². The lowest BCUT2D eigenvalue weighted by molar-refractivity contribution is 0.0961. The molecule has 5 rings (SSSR count). The molecular weight excluding hydrogens is 398 g/mol. The molecule has 1 aliphatic rings. The normalized spacial score (nSPS) is 14.4. The summed E-state index contributed by atoms with van der Waals surface area (Å²) < 4.78 is 2.23. The van der Waals surface area contributed by atoms with Crippen molar-refractivity contribution in [3.8, 4) is 5.75 Å². The largest absolute Gasteiger partial charge is 0.508 e. The second-order valence-electron chi connectivity index (χ2n) is 8.86. The number of hydrogen-bond donors (Lipinski definition) is 1. The van der Waals surface area contributed by atoms with Crippen molar-refractivity contribution in [3.63, 3.8) is 0 Å². The molecule has 4 aromatic rings. The molecule has 1 fully saturated rings. The van der Waals surface area contributed by atoms with E-state index in [0.29, 0.717) is 23.5 Å². The maximum atomic E-state index is 13.0. The van der Waals surface area contributed by atoms with Crippen molar-refractivity contribution in [1.29, 1.82) is 0 Å². The molecule has 1 aromatic heterocycles. The zero-order chi connectivity index (χ0) is 22.2. The summed E-state index contributed by atoms with van der Waals surface area (Å²) in [6.45, 7) is 2.91. The van der Waals surface area contributed by atoms with Crippen molar-refractivity contribution in [3.05, 3.63) is 77.4 Å². The second-order valence-corrected chi connectivity index (χ2v) is 8.86. The fraction of sp³-hybridized carbons (Fsp3) is 0.286. The van der Waals surface area contributed by atoms with Crippen molar-refractivity contribution < 1.29 is 14.7 Å². The van der Waals surface area contributed by atoms with Gasteiger partial charge in [-0.25, -0.2) is 0 Å². The van der Waals surface area contributed by atoms with E-state index in [1.807, 2.05) is 36.4 Å². The van der Waals surface area contributed by atoms with Crippen LogP contribution in [0.5, 0.6) is 5.75 Å². The van der Waals surface area contributed by atoms with Crippen LogP contribution in [0.1, 0.15) is 65.3 Å². The Morgan fingerprint density at radius 3 is 2.03 bits per heavy atom. The van der Waals surface area contributed by atoms with Crippen LogP contribution in [0.2, 0.25) is 0 Å². The van der Waals surface area contributed by atoms with Gasteiger partial charge in [0.2, 0.25) is 0 Å². The van der Waals surface area contributed by atoms with Gasteiger partial charge in [0.05, 0.1) is 0 Å². The molecule has 0 amide bonds. The molecule has 4 heteroatoms. The molecule has 1 N–H and O–H groups in total. The Hall–Kier alpha value is -3.40. The van der Waals surface area contributed by atoms with Crippen molar-refractivity contribution >= 4 is 33.4 Å². The molecule has 0 spiro atoms. The molecule has 0 radical (unpaired) electrons. The lowest BCUT2D eigenvalue weighted by Gasteiger charge is -2.08. The van der Waals surface area contributed by atoms with Gasteiger partial charge in [0.15, 0.2) is 11.6 Å². The van der Waals surface area contributed by atoms with Crippen LogP contribution in [-0.2, 0) is 6.54 Å². The first-order chi connectivity index (χ1) is 15.5. The zero-order valence-corrected chi connectivity index (χ0v) is 18.3. The highest BCUT2D eigenvalue weighted by Crippen LogP contribution is 2.33. The number of phenolic OH excluding ortho intramolecular Hbond substituents is 1. The summed E-state index contributed by atoms with van der Waals surface area (Å²) in [5.41, 5.74) is 4.03. The van der Waals surface area contributed by atoms with Gasteiger partial charge in [-0.1, -0.05) is 25.7 Å². The summed E-state index contributed by atoms with van der Waals surface area (Å²) in [6.07, 6.45) is 5.41. The molecule has 162 valence electrons. The van der Waals surface area contributed by atoms with Crippen molar-refractivity contribution in [2.45, 2.75) is 45.6 Å². The van der Waals surface area contributed by atoms with E-state index in [2.05, 4.69) is 11.5 Å². The van der Waals surface area contributed by atoms with Gasteiger partial charge in [-0.05, 0) is 73.5 Å². The summed E-state index contributed by atoms with van der Waals surface area (Å²) in [5, 5.41) is 11.5. The number of aryl methyl sites for hydroxylation is 1. The first-order valence-corrected chi connectivity index (χ1v) is 11.5. The topological polar surface area (TPSA) is 59.3 Å². The van der Waals surface area contributed by atoms with E-state index in [0.717, 1.165) is 46.8 Å². The van der Waals surface area contributed by atoms with Gasteiger partial charge in [-0.15, -0.1) is 0 Å². The summed E-state index contributed by atoms with van der Waals surface area (Å²) in [7, 11) is 0. The highest BCUT2D eigenvalue weighted by atomic mass is 16.3. The Labute approximate surface area is 187 Å². The summed E-state index contributed by atoms with van der Waals surface area (Å²) >= 11 is 0. The molecular formula is C28H27NO3. The number of carbonyl (C=O) groups excluding carboxylic acids is 2. The predicted octanol–water partition coefficient (Wildman–Crippen LogP) is 6.51. The highest BCUT2D eigenvalue weighted by Gasteiger charge is 2.21. The number of phenols is 1. The number of benzene rings is 3. The molecule has 0 saturated heterocycles. The molecule has 1 saturated carbocycles. The minimum Gasteiger partial charge on any atom is -0.508 e. The van der Waals surface area contributed by atoms with Gasteiger partial charge in [0.1, 0.15) is 5.75 Å². The maximum absolute atomic E-state index is 13.0. The van der Waals surface area contributed by atoms with Crippen LogP contribution in [0.15, 0.2) is 60.7 Å². The Morgan fingerprint density at radius 1 is 0.844 bits per heavy atom. The minimum atomic E-state index is -0.0854. The van der Waals surface area contributed by atoms with E-state index in [1.54, 1.807) is 12.1 Å². The van der Waals surface area contributed by atoms with E-state index in [1.165, 1.54) is 25.0 Å². The monoisotopic (exact) mass is 425 g/mol. The Balaban J connectivity index is 1.58. The highest BCUT2D eigenvalue weighted by molar-refractivity contribution is 6.15. The average molecular weight is 426 g/mol. The van der Waals surface area contributed by atoms with E-state index in [-0.39, 0.29) is 17.3 Å². The van der Waals surface area contributed by atoms with E-state index < -0.39 is 0 Å². The SMILES string of the molecule is CCn1c2ccc(C(=O)CC3CCCC3)cc2c2cc(C(=O)c3ccc(O)cc3)ccc21. The van der Waals surface area contributed by atoms with Gasteiger partial charge >= 0.3 is 0 Å². The van der Waals surface area contributed by atoms with Crippen LogP contribution in [0, 0.1) is 5.92 Å². The first kappa shape index (κ1) is 20.5. The van der Waals surface area contributed by atoms with Crippen LogP contribution >= 0.6 is 0 Å². The van der Waals surface area contributed by atoms with Crippen molar-refractivity contribution in [1.82, 2.24) is 4.57 Å². The fourth-order valence-electron chi connectivity index (χ4n) is 5.13. The number of fused-ring (bicyclic) bond motifs is 3. The Bertz CT molecular complexity index is 1320. The summed E-state index contributed by atoms with van der Waals surface area (Å²) in [6, 6.07) is 18.1. The number of ketones is 2. The third-order valence-electron chi connectivity index (χ3n) is 6.84. The van der Waals surface area contributed by atoms with E-state index in [9.17, 15) is 14.7 Å². The van der Waals surface area contributed by atoms with Gasteiger partial charge in [0.25, 0.3) is 0 Å². The fourth-order valence-corrected chi connectivity index (χ4v) is 5.13. The lowest BCUT2D eigenvalue weighted by atomic mass is 9.96. The smallest absolute Gasteiger partial charge is 0.193 e. The maximum Gasteiger partial charge on any atom is 0.193 e. The van der Waals surface area contributed by atoms with Crippen LogP contribution in [-0.4, -0.2) is 21.2 Å². The van der Waals surface area contributed by atoms with Gasteiger partial charge in [0, 0.05) is 51.5 Å². The molecule has 0 unspecified atom stereocenters. The minimum absolute atomic E-state index is 0.0854. The number of Topliss-reactive ketones (excluding diaryl/α,β-unsaturated/α-hetero) is 1. The molecule has 3 aromatic carbocycles. The number of aromatic nitrogens is 1. The molecule has 0 bridgehead atoms. The number of rotatable bonds is 6. The average Bonchev–Trinajstić information content (AvgIpc) is 3.43. The lowest BCUT2D eigenvalue weighted by Crippen LogP contribution is -2.05. The molecule has 0 atom stereocenters. The van der Waals surface area contributed by atoms with Crippen LogP contribution in [0.25, 0.3) is 21.8 Å². The van der Waals surface area contributed by atoms with Crippen LogP contribution in [0.4, 0.5) is 0 Å². The molecule has 1 heterocycles. The van der Waals surface area contributed by atoms with E-state index in [4.69, 9.17) is 0 Å². The van der Waals surface area contributed by atoms with Crippen molar-refractivity contribution in [2.24, 2.45) is 5.92 Å². The second kappa shape index (κ2) is 8.27. The number of aromatic hydroxyl groups is 1. The van der Waals surface area contributed by atoms with Crippen LogP contribution in [0.3, 0.4) is 0 Å². The Morgan fingerprint density at radius 2 is 1.41 bits per heavy atom. The van der Waals surface area contributed by atoms with Crippen LogP contribution < -0.4 is 0 Å². The first-order valence-electron chi connectivity index (χ1n) is 11.5. The number of hydrogen-bond acceptors (Lipinski definition) is 3. The summed E-state index contributed by atoms with van der Waals surface area (Å²) in [4.78, 5) is 26.0. The zero-order valence-electron chi connectivity index (χ0n) is 18.3. The number of nitrogens with zero attached hydrogens (tertiary/aromatic N) is 1. The van der Waals surface area contributed by atoms with Crippen molar-refractivity contribution in [2.75, 3.05) is 0 Å². The van der Waals surface area contributed by atoms with Gasteiger partial charge in [-0.2, -0.15) is 0 Å². The summed E-state index contributed by atoms with van der Waals surface area (Å²) in [5.74, 6) is 0.785. The van der Waals surface area contributed by atoms with Gasteiger partial charge in [-0.3, -0.25) is 9.59 Å². The van der Waals surface area contributed by atoms with E-state index >= 15 is 0 Å². The molecule has 0 aliphatic heterocycles.